The standard InChI is InChI=1S/C81H93BN2O/c1-74(2,3)52-26-21-49(22-27-52)72(50-23-28-53(29-24-50)75(4,5)6)51-25-36-64-66(41-51)84(57-31-34-59-58-33-30-54(76(7,8)9)44-70(58)85-71(59)46-57)69-43-55(77(10,11)12)42-68-73(69)82(64)65-47-62-63(81(19,20)40-39-80(62,17)18)48-67(65)83(68)56-32-35-60-61(45-56)79(15,16)38-37-78(60,13)14/h21-36,41-48,72H,37-40H2,1-20H3. The van der Waals surface area contributed by atoms with Crippen LogP contribution in [0.5, 0.6) is 0 Å². The summed E-state index contributed by atoms with van der Waals surface area (Å²) in [7, 11) is 0. The Labute approximate surface area is 510 Å². The minimum atomic E-state index is -0.179. The fraction of sp³-hybridized carbons (Fsp3) is 0.407. The van der Waals surface area contributed by atoms with Crippen LogP contribution in [0.4, 0.5) is 34.1 Å². The predicted molar refractivity (Wildman–Crippen MR) is 367 cm³/mol. The first-order chi connectivity index (χ1) is 39.6. The van der Waals surface area contributed by atoms with Gasteiger partial charge in [-0.25, -0.2) is 0 Å². The van der Waals surface area contributed by atoms with E-state index in [1.165, 1.54) is 112 Å². The van der Waals surface area contributed by atoms with Gasteiger partial charge in [0.25, 0.3) is 6.71 Å². The molecule has 13 rings (SSSR count). The molecule has 3 nitrogen and oxygen atoms in total. The first-order valence-electron chi connectivity index (χ1n) is 32.1. The maximum Gasteiger partial charge on any atom is 0.252 e. The van der Waals surface area contributed by atoms with E-state index >= 15 is 0 Å². The van der Waals surface area contributed by atoms with Crippen molar-refractivity contribution >= 4 is 79.2 Å². The van der Waals surface area contributed by atoms with Crippen LogP contribution < -0.4 is 26.2 Å². The van der Waals surface area contributed by atoms with Crippen LogP contribution in [0.15, 0.2) is 150 Å². The second-order valence-corrected chi connectivity index (χ2v) is 33.2. The first kappa shape index (κ1) is 57.3. The fourth-order valence-corrected chi connectivity index (χ4v) is 15.3. The van der Waals surface area contributed by atoms with Gasteiger partial charge in [-0.05, 0) is 201 Å². The Bertz CT molecular complexity index is 4110. The Hall–Kier alpha value is -6.78. The highest BCUT2D eigenvalue weighted by molar-refractivity contribution is 7.00. The Morgan fingerprint density at radius 2 is 0.765 bits per heavy atom. The van der Waals surface area contributed by atoms with Crippen LogP contribution in [0.1, 0.15) is 231 Å². The molecule has 85 heavy (non-hydrogen) atoms. The van der Waals surface area contributed by atoms with Crippen LogP contribution in [-0.4, -0.2) is 6.71 Å². The zero-order chi connectivity index (χ0) is 60.7. The highest BCUT2D eigenvalue weighted by Gasteiger charge is 2.48. The van der Waals surface area contributed by atoms with Gasteiger partial charge in [-0.2, -0.15) is 0 Å². The van der Waals surface area contributed by atoms with Gasteiger partial charge in [0.15, 0.2) is 0 Å². The summed E-state index contributed by atoms with van der Waals surface area (Å²) in [6.07, 6.45) is 4.64. The Balaban J connectivity index is 1.13. The fourth-order valence-electron chi connectivity index (χ4n) is 15.3. The molecule has 436 valence electrons. The van der Waals surface area contributed by atoms with Gasteiger partial charge in [-0.1, -0.05) is 223 Å². The Morgan fingerprint density at radius 1 is 0.353 bits per heavy atom. The molecule has 0 radical (unpaired) electrons. The van der Waals surface area contributed by atoms with Crippen molar-refractivity contribution in [1.29, 1.82) is 0 Å². The van der Waals surface area contributed by atoms with Gasteiger partial charge in [0.1, 0.15) is 11.2 Å². The summed E-state index contributed by atoms with van der Waals surface area (Å²) < 4.78 is 7.05. The van der Waals surface area contributed by atoms with E-state index in [1.54, 1.807) is 0 Å². The topological polar surface area (TPSA) is 19.6 Å². The average molecular weight is 1120 g/mol. The lowest BCUT2D eigenvalue weighted by Crippen LogP contribution is -2.62. The molecule has 4 aliphatic rings. The number of furan rings is 1. The number of anilines is 6. The van der Waals surface area contributed by atoms with Crippen molar-refractivity contribution in [3.63, 3.8) is 0 Å². The summed E-state index contributed by atoms with van der Waals surface area (Å²) in [6.45, 7) is 47.8. The predicted octanol–water partition coefficient (Wildman–Crippen LogP) is 20.7. The van der Waals surface area contributed by atoms with Crippen molar-refractivity contribution < 1.29 is 4.42 Å². The van der Waals surface area contributed by atoms with E-state index in [9.17, 15) is 0 Å². The number of benzene rings is 8. The molecule has 1 aromatic heterocycles. The molecule has 0 atom stereocenters. The summed E-state index contributed by atoms with van der Waals surface area (Å²) in [5, 5.41) is 2.29. The number of rotatable bonds is 5. The summed E-state index contributed by atoms with van der Waals surface area (Å²) in [5.41, 5.74) is 28.4. The van der Waals surface area contributed by atoms with Crippen molar-refractivity contribution in [2.24, 2.45) is 0 Å². The average Bonchev–Trinajstić information content (AvgIpc) is 1.03. The maximum atomic E-state index is 7.05. The summed E-state index contributed by atoms with van der Waals surface area (Å²) >= 11 is 0. The van der Waals surface area contributed by atoms with E-state index in [0.29, 0.717) is 0 Å². The lowest BCUT2D eigenvalue weighted by molar-refractivity contribution is 0.332. The molecule has 0 bridgehead atoms. The molecular formula is C81H93BN2O. The number of hydrogen-bond donors (Lipinski definition) is 0. The molecule has 2 aliphatic carbocycles. The lowest BCUT2D eigenvalue weighted by atomic mass is 9.33. The monoisotopic (exact) mass is 1120 g/mol. The van der Waals surface area contributed by atoms with Crippen LogP contribution in [0, 0.1) is 0 Å². The van der Waals surface area contributed by atoms with E-state index < -0.39 is 0 Å². The molecule has 2 aliphatic heterocycles. The Morgan fingerprint density at radius 3 is 1.28 bits per heavy atom. The number of nitrogens with zero attached hydrogens (tertiary/aromatic N) is 2. The van der Waals surface area contributed by atoms with Gasteiger partial charge >= 0.3 is 0 Å². The summed E-state index contributed by atoms with van der Waals surface area (Å²) in [5.74, 6) is -0.0228. The molecule has 8 aromatic carbocycles. The quantitative estimate of drug-likeness (QED) is 0.126. The van der Waals surface area contributed by atoms with Crippen molar-refractivity contribution in [1.82, 2.24) is 0 Å². The van der Waals surface area contributed by atoms with Gasteiger partial charge in [0, 0.05) is 56.9 Å². The second kappa shape index (κ2) is 18.9. The zero-order valence-electron chi connectivity index (χ0n) is 55.1. The molecule has 0 N–H and O–H groups in total. The van der Waals surface area contributed by atoms with Crippen LogP contribution >= 0.6 is 0 Å². The SMILES string of the molecule is CC(C)(C)c1ccc(C(c2ccc(C(C)(C)C)cc2)c2ccc3c(c2)N(c2ccc4c(c2)oc2cc(C(C)(C)C)ccc24)c2cc(C(C)(C)C)cc4c2B3c2cc3c(cc2N4c2ccc4c(c2)C(C)(C)CCC4(C)C)C(C)(C)CCC3(C)C)cc1. The van der Waals surface area contributed by atoms with Crippen LogP contribution in [0.25, 0.3) is 21.9 Å². The molecule has 9 aromatic rings. The zero-order valence-corrected chi connectivity index (χ0v) is 55.1. The molecule has 0 unspecified atom stereocenters. The molecule has 0 amide bonds. The van der Waals surface area contributed by atoms with Gasteiger partial charge in [0.05, 0.1) is 0 Å². The van der Waals surface area contributed by atoms with Gasteiger partial charge in [-0.15, -0.1) is 0 Å². The van der Waals surface area contributed by atoms with Crippen molar-refractivity contribution in [2.75, 3.05) is 9.80 Å². The Kier molecular flexibility index (Phi) is 12.7. The van der Waals surface area contributed by atoms with Gasteiger partial charge in [-0.3, -0.25) is 0 Å². The summed E-state index contributed by atoms with van der Waals surface area (Å²) in [6, 6.07) is 58.7. The minimum Gasteiger partial charge on any atom is -0.456 e. The van der Waals surface area contributed by atoms with Gasteiger partial charge in [0.2, 0.25) is 0 Å². The van der Waals surface area contributed by atoms with Crippen LogP contribution in [0.3, 0.4) is 0 Å². The van der Waals surface area contributed by atoms with Crippen LogP contribution in [0.2, 0.25) is 0 Å². The first-order valence-corrected chi connectivity index (χ1v) is 32.1. The molecule has 3 heterocycles. The third kappa shape index (κ3) is 9.43. The van der Waals surface area contributed by atoms with E-state index in [4.69, 9.17) is 4.42 Å². The smallest absolute Gasteiger partial charge is 0.252 e. The molecule has 0 saturated heterocycles. The largest absolute Gasteiger partial charge is 0.456 e. The molecule has 0 spiro atoms. The number of fused-ring (bicyclic) bond motifs is 9. The highest BCUT2D eigenvalue weighted by atomic mass is 16.3. The van der Waals surface area contributed by atoms with Crippen molar-refractivity contribution in [2.45, 2.75) is 213 Å². The van der Waals surface area contributed by atoms with E-state index in [0.717, 1.165) is 46.9 Å². The minimum absolute atomic E-state index is 0.00661. The number of hydrogen-bond acceptors (Lipinski definition) is 3. The van der Waals surface area contributed by atoms with Crippen LogP contribution in [-0.2, 0) is 43.3 Å². The molecule has 0 saturated carbocycles. The van der Waals surface area contributed by atoms with E-state index in [-0.39, 0.29) is 56.0 Å². The highest BCUT2D eigenvalue weighted by Crippen LogP contribution is 2.54. The van der Waals surface area contributed by atoms with Crippen molar-refractivity contribution in [3.8, 4) is 0 Å². The molecule has 4 heteroatoms. The van der Waals surface area contributed by atoms with Crippen molar-refractivity contribution in [3.05, 3.63) is 207 Å². The summed E-state index contributed by atoms with van der Waals surface area (Å²) in [4.78, 5) is 5.37. The normalized spacial score (nSPS) is 17.6. The maximum absolute atomic E-state index is 7.05. The molecular weight excluding hydrogens is 1030 g/mol. The third-order valence-electron chi connectivity index (χ3n) is 21.2. The lowest BCUT2D eigenvalue weighted by Gasteiger charge is -2.48. The molecule has 0 fully saturated rings. The van der Waals surface area contributed by atoms with E-state index in [1.807, 2.05) is 0 Å². The van der Waals surface area contributed by atoms with Gasteiger partial charge < -0.3 is 14.2 Å². The van der Waals surface area contributed by atoms with E-state index in [2.05, 4.69) is 294 Å². The third-order valence-corrected chi connectivity index (χ3v) is 21.2. The second-order valence-electron chi connectivity index (χ2n) is 33.2.